The maximum Gasteiger partial charge on any atom is 0.347 e. The number of aliphatic carboxylic acids is 1. The second-order valence-corrected chi connectivity index (χ2v) is 10.4. The Bertz CT molecular complexity index is 1000. The molecule has 35 heavy (non-hydrogen) atoms. The maximum absolute atomic E-state index is 13.3. The lowest BCUT2D eigenvalue weighted by molar-refractivity contribution is -0.152. The highest BCUT2D eigenvalue weighted by Gasteiger charge is 2.45. The largest absolute Gasteiger partial charge is 0.478 e. The molecule has 0 aliphatic carbocycles. The van der Waals surface area contributed by atoms with Gasteiger partial charge in [-0.2, -0.15) is 0 Å². The van der Waals surface area contributed by atoms with E-state index in [0.29, 0.717) is 12.3 Å². The summed E-state index contributed by atoms with van der Waals surface area (Å²) in [6.07, 6.45) is 4.73. The van der Waals surface area contributed by atoms with Gasteiger partial charge in [-0.25, -0.2) is 9.59 Å². The van der Waals surface area contributed by atoms with Gasteiger partial charge >= 0.3 is 12.0 Å². The molecule has 0 spiro atoms. The van der Waals surface area contributed by atoms with Gasteiger partial charge in [0.1, 0.15) is 5.75 Å². The van der Waals surface area contributed by atoms with Crippen LogP contribution in [0.15, 0.2) is 48.5 Å². The highest BCUT2D eigenvalue weighted by molar-refractivity contribution is 5.78. The molecule has 0 bridgehead atoms. The summed E-state index contributed by atoms with van der Waals surface area (Å²) < 4.78 is 5.60. The maximum atomic E-state index is 13.3. The fraction of sp³-hybridized carbons (Fsp3) is 0.517. The number of urea groups is 1. The van der Waals surface area contributed by atoms with E-state index in [4.69, 9.17) is 4.74 Å². The zero-order valence-electron chi connectivity index (χ0n) is 21.8. The average Bonchev–Trinajstić information content (AvgIpc) is 3.05. The van der Waals surface area contributed by atoms with Gasteiger partial charge in [-0.15, -0.1) is 0 Å². The van der Waals surface area contributed by atoms with Crippen LogP contribution in [0.4, 0.5) is 4.79 Å². The Labute approximate surface area is 209 Å². The van der Waals surface area contributed by atoms with Crippen LogP contribution in [0.1, 0.15) is 70.6 Å². The van der Waals surface area contributed by atoms with Crippen LogP contribution in [0.5, 0.6) is 5.75 Å². The van der Waals surface area contributed by atoms with Crippen molar-refractivity contribution in [2.24, 2.45) is 0 Å². The lowest BCUT2D eigenvalue weighted by Gasteiger charge is -2.33. The normalized spacial score (nSPS) is 18.3. The number of aryl methyl sites for hydroxylation is 2. The molecule has 2 amide bonds. The van der Waals surface area contributed by atoms with Crippen molar-refractivity contribution in [1.82, 2.24) is 9.80 Å². The van der Waals surface area contributed by atoms with Crippen molar-refractivity contribution in [2.45, 2.75) is 84.4 Å². The molecule has 2 aromatic carbocycles. The molecule has 0 radical (unpaired) electrons. The summed E-state index contributed by atoms with van der Waals surface area (Å²) in [6.45, 7) is 11.7. The van der Waals surface area contributed by atoms with Crippen LogP contribution < -0.4 is 4.74 Å². The Morgan fingerprint density at radius 1 is 1.03 bits per heavy atom. The van der Waals surface area contributed by atoms with Crippen LogP contribution in [0.25, 0.3) is 0 Å². The summed E-state index contributed by atoms with van der Waals surface area (Å²) in [5.41, 5.74) is 2.20. The first kappa shape index (κ1) is 26.6. The van der Waals surface area contributed by atoms with E-state index in [-0.39, 0.29) is 11.6 Å². The minimum atomic E-state index is -1.27. The van der Waals surface area contributed by atoms with Gasteiger partial charge in [0.05, 0.1) is 5.54 Å². The van der Waals surface area contributed by atoms with Gasteiger partial charge in [0.25, 0.3) is 0 Å². The van der Waals surface area contributed by atoms with Crippen molar-refractivity contribution in [2.75, 3.05) is 13.1 Å². The van der Waals surface area contributed by atoms with Gasteiger partial charge in [0.15, 0.2) is 5.60 Å². The zero-order valence-corrected chi connectivity index (χ0v) is 21.8. The number of carboxylic acid groups (broad SMARTS) is 1. The van der Waals surface area contributed by atoms with Crippen LogP contribution in [0.3, 0.4) is 0 Å². The Morgan fingerprint density at radius 2 is 1.63 bits per heavy atom. The number of carbonyl (C=O) groups excluding carboxylic acids is 1. The van der Waals surface area contributed by atoms with Crippen molar-refractivity contribution < 1.29 is 19.4 Å². The van der Waals surface area contributed by atoms with Crippen molar-refractivity contribution in [3.8, 4) is 5.75 Å². The minimum Gasteiger partial charge on any atom is -0.478 e. The number of hydrogen-bond donors (Lipinski definition) is 1. The molecule has 3 rings (SSSR count). The molecule has 1 aliphatic rings. The van der Waals surface area contributed by atoms with Crippen molar-refractivity contribution in [3.63, 3.8) is 0 Å². The third-order valence-electron chi connectivity index (χ3n) is 6.93. The second kappa shape index (κ2) is 11.1. The lowest BCUT2D eigenvalue weighted by atomic mass is 9.92. The van der Waals surface area contributed by atoms with E-state index >= 15 is 0 Å². The first-order chi connectivity index (χ1) is 16.6. The van der Waals surface area contributed by atoms with Crippen molar-refractivity contribution >= 4 is 12.0 Å². The Kier molecular flexibility index (Phi) is 8.47. The number of benzene rings is 2. The molecular formula is C29H40N2O4. The standard InChI is InChI=1S/C29H40N2O4/c1-6-19-31-27(34)30(20-24-12-10-22(7-2)11-13-24)21-29(31,5)18-8-9-23-14-16-25(17-15-23)35-28(3,4)26(32)33/h10-17H,6-9,18-21H2,1-5H3,(H,32,33). The summed E-state index contributed by atoms with van der Waals surface area (Å²) >= 11 is 0. The second-order valence-electron chi connectivity index (χ2n) is 10.4. The number of carbonyl (C=O) groups is 2. The highest BCUT2D eigenvalue weighted by Crippen LogP contribution is 2.33. The molecule has 1 atom stereocenters. The number of carboxylic acids is 1. The minimum absolute atomic E-state index is 0.136. The topological polar surface area (TPSA) is 70.1 Å². The number of amides is 2. The molecular weight excluding hydrogens is 440 g/mol. The lowest BCUT2D eigenvalue weighted by Crippen LogP contribution is -2.45. The zero-order chi connectivity index (χ0) is 25.6. The van der Waals surface area contributed by atoms with E-state index < -0.39 is 11.6 Å². The van der Waals surface area contributed by atoms with Gasteiger partial charge in [-0.3, -0.25) is 0 Å². The van der Waals surface area contributed by atoms with Gasteiger partial charge in [0.2, 0.25) is 0 Å². The molecule has 1 N–H and O–H groups in total. The molecule has 1 heterocycles. The SMILES string of the molecule is CCCN1C(=O)N(Cc2ccc(CC)cc2)CC1(C)CCCc1ccc(OC(C)(C)C(=O)O)cc1. The smallest absolute Gasteiger partial charge is 0.347 e. The summed E-state index contributed by atoms with van der Waals surface area (Å²) in [7, 11) is 0. The molecule has 6 heteroatoms. The van der Waals surface area contributed by atoms with E-state index in [1.54, 1.807) is 13.8 Å². The Morgan fingerprint density at radius 3 is 2.20 bits per heavy atom. The third-order valence-corrected chi connectivity index (χ3v) is 6.93. The van der Waals surface area contributed by atoms with Gasteiger partial charge in [-0.05, 0) is 81.7 Å². The molecule has 0 aromatic heterocycles. The van der Waals surface area contributed by atoms with Crippen molar-refractivity contribution in [1.29, 1.82) is 0 Å². The predicted octanol–water partition coefficient (Wildman–Crippen LogP) is 5.92. The van der Waals surface area contributed by atoms with Gasteiger partial charge in [-0.1, -0.05) is 50.2 Å². The Hall–Kier alpha value is -3.02. The summed E-state index contributed by atoms with van der Waals surface area (Å²) in [6, 6.07) is 16.3. The number of rotatable bonds is 12. The number of ether oxygens (including phenoxy) is 1. The monoisotopic (exact) mass is 480 g/mol. The van der Waals surface area contributed by atoms with E-state index in [2.05, 4.69) is 49.9 Å². The molecule has 6 nitrogen and oxygen atoms in total. The fourth-order valence-corrected chi connectivity index (χ4v) is 4.73. The van der Waals surface area contributed by atoms with E-state index in [1.165, 1.54) is 16.7 Å². The summed E-state index contributed by atoms with van der Waals surface area (Å²) in [4.78, 5) is 28.6. The molecule has 1 saturated heterocycles. The highest BCUT2D eigenvalue weighted by atomic mass is 16.5. The summed E-state index contributed by atoms with van der Waals surface area (Å²) in [5, 5.41) is 9.25. The van der Waals surface area contributed by atoms with Crippen LogP contribution in [-0.4, -0.2) is 51.1 Å². The van der Waals surface area contributed by atoms with Gasteiger partial charge in [0, 0.05) is 19.6 Å². The molecule has 1 unspecified atom stereocenters. The molecule has 1 aliphatic heterocycles. The molecule has 0 saturated carbocycles. The predicted molar refractivity (Wildman–Crippen MR) is 139 cm³/mol. The van der Waals surface area contributed by atoms with E-state index in [0.717, 1.165) is 45.2 Å². The van der Waals surface area contributed by atoms with Gasteiger partial charge < -0.3 is 19.6 Å². The third kappa shape index (κ3) is 6.56. The Balaban J connectivity index is 1.60. The number of hydrogen-bond acceptors (Lipinski definition) is 3. The molecule has 1 fully saturated rings. The van der Waals surface area contributed by atoms with Crippen LogP contribution >= 0.6 is 0 Å². The van der Waals surface area contributed by atoms with Crippen LogP contribution in [-0.2, 0) is 24.2 Å². The summed E-state index contributed by atoms with van der Waals surface area (Å²) in [5.74, 6) is -0.448. The molecule has 190 valence electrons. The first-order valence-electron chi connectivity index (χ1n) is 12.7. The van der Waals surface area contributed by atoms with E-state index in [9.17, 15) is 14.7 Å². The fourth-order valence-electron chi connectivity index (χ4n) is 4.73. The molecule has 2 aromatic rings. The average molecular weight is 481 g/mol. The first-order valence-corrected chi connectivity index (χ1v) is 12.7. The number of nitrogens with zero attached hydrogens (tertiary/aromatic N) is 2. The van der Waals surface area contributed by atoms with E-state index in [1.807, 2.05) is 29.2 Å². The van der Waals surface area contributed by atoms with Crippen molar-refractivity contribution in [3.05, 3.63) is 65.2 Å². The van der Waals surface area contributed by atoms with Crippen LogP contribution in [0, 0.1) is 0 Å². The van der Waals surface area contributed by atoms with Crippen LogP contribution in [0.2, 0.25) is 0 Å². The quantitative estimate of drug-likeness (QED) is 0.409.